The Labute approximate surface area is 130 Å². The van der Waals surface area contributed by atoms with Gasteiger partial charge in [0, 0.05) is 24.5 Å². The van der Waals surface area contributed by atoms with Gasteiger partial charge in [0.25, 0.3) is 0 Å². The number of nitrogens with zero attached hydrogens (tertiary/aromatic N) is 3. The van der Waals surface area contributed by atoms with Gasteiger partial charge in [0.05, 0.1) is 5.71 Å². The number of hydrogen-bond donors (Lipinski definition) is 2. The van der Waals surface area contributed by atoms with Crippen LogP contribution in [0.3, 0.4) is 0 Å². The van der Waals surface area contributed by atoms with Gasteiger partial charge in [0.2, 0.25) is 5.96 Å². The average Bonchev–Trinajstić information content (AvgIpc) is 2.80. The predicted octanol–water partition coefficient (Wildman–Crippen LogP) is 2.04. The van der Waals surface area contributed by atoms with Crippen molar-refractivity contribution in [3.05, 3.63) is 58.9 Å². The quantitative estimate of drug-likeness (QED) is 0.505. The summed E-state index contributed by atoms with van der Waals surface area (Å²) in [4.78, 5) is 0. The molecule has 5 heteroatoms. The van der Waals surface area contributed by atoms with Gasteiger partial charge in [-0.1, -0.05) is 30.3 Å². The van der Waals surface area contributed by atoms with E-state index in [9.17, 15) is 0 Å². The molecule has 0 aliphatic heterocycles. The second-order valence-electron chi connectivity index (χ2n) is 5.83. The van der Waals surface area contributed by atoms with E-state index < -0.39 is 0 Å². The zero-order chi connectivity index (χ0) is 15.7. The van der Waals surface area contributed by atoms with Crippen LogP contribution in [0.1, 0.15) is 34.7 Å². The standard InChI is InChI=1S/C17H21N5/c1-11-10-22(2)15-9-13(12-6-4-3-5-7-12)8-14(16(11)15)20-21-17(18)19/h3-7,10,13H,8-9H2,1-2H3,(H4,18,19,21)/b20-14+. The number of hydrogen-bond acceptors (Lipinski definition) is 2. The second-order valence-corrected chi connectivity index (χ2v) is 5.83. The summed E-state index contributed by atoms with van der Waals surface area (Å²) >= 11 is 0. The first-order chi connectivity index (χ1) is 10.6. The highest BCUT2D eigenvalue weighted by molar-refractivity contribution is 6.04. The van der Waals surface area contributed by atoms with Crippen molar-refractivity contribution in [3.8, 4) is 0 Å². The number of aromatic nitrogens is 1. The number of rotatable bonds is 2. The molecule has 0 radical (unpaired) electrons. The van der Waals surface area contributed by atoms with Crippen molar-refractivity contribution in [2.75, 3.05) is 0 Å². The molecular weight excluding hydrogens is 274 g/mol. The molecule has 0 saturated heterocycles. The lowest BCUT2D eigenvalue weighted by Crippen LogP contribution is -2.23. The van der Waals surface area contributed by atoms with Gasteiger partial charge in [-0.3, -0.25) is 0 Å². The Morgan fingerprint density at radius 2 is 1.91 bits per heavy atom. The molecule has 1 aliphatic carbocycles. The molecule has 1 aromatic carbocycles. The van der Waals surface area contributed by atoms with Gasteiger partial charge in [-0.2, -0.15) is 5.10 Å². The van der Waals surface area contributed by atoms with E-state index in [1.807, 2.05) is 6.07 Å². The van der Waals surface area contributed by atoms with E-state index in [-0.39, 0.29) is 5.96 Å². The molecule has 0 saturated carbocycles. The summed E-state index contributed by atoms with van der Waals surface area (Å²) in [7, 11) is 2.08. The van der Waals surface area contributed by atoms with E-state index in [4.69, 9.17) is 11.5 Å². The van der Waals surface area contributed by atoms with Crippen LogP contribution in [0.15, 0.2) is 46.7 Å². The molecule has 1 aliphatic rings. The molecule has 4 N–H and O–H groups in total. The molecule has 5 nitrogen and oxygen atoms in total. The zero-order valence-electron chi connectivity index (χ0n) is 13.0. The fourth-order valence-corrected chi connectivity index (χ4v) is 3.29. The summed E-state index contributed by atoms with van der Waals surface area (Å²) < 4.78 is 2.19. The molecular formula is C17H21N5. The molecule has 0 bridgehead atoms. The van der Waals surface area contributed by atoms with Gasteiger partial charge in [-0.15, -0.1) is 5.10 Å². The molecule has 1 unspecified atom stereocenters. The summed E-state index contributed by atoms with van der Waals surface area (Å²) in [6.45, 7) is 2.10. The van der Waals surface area contributed by atoms with Crippen molar-refractivity contribution >= 4 is 11.7 Å². The Morgan fingerprint density at radius 1 is 1.18 bits per heavy atom. The summed E-state index contributed by atoms with van der Waals surface area (Å²) in [5.74, 6) is 0.388. The van der Waals surface area contributed by atoms with Crippen LogP contribution in [-0.2, 0) is 13.5 Å². The highest BCUT2D eigenvalue weighted by Gasteiger charge is 2.28. The molecule has 1 atom stereocenters. The van der Waals surface area contributed by atoms with Crippen LogP contribution >= 0.6 is 0 Å². The minimum absolute atomic E-state index is 0.00975. The molecule has 2 aromatic rings. The maximum Gasteiger partial charge on any atom is 0.211 e. The van der Waals surface area contributed by atoms with Crippen LogP contribution in [0.5, 0.6) is 0 Å². The molecule has 22 heavy (non-hydrogen) atoms. The second kappa shape index (κ2) is 5.67. The van der Waals surface area contributed by atoms with E-state index >= 15 is 0 Å². The minimum atomic E-state index is -0.00975. The number of benzene rings is 1. The van der Waals surface area contributed by atoms with Gasteiger partial charge < -0.3 is 16.0 Å². The Kier molecular flexibility index (Phi) is 3.71. The SMILES string of the molecule is Cc1cn(C)c2c1/C(=N/N=C(N)N)CC(c1ccccc1)C2. The van der Waals surface area contributed by atoms with Crippen molar-refractivity contribution in [1.82, 2.24) is 4.57 Å². The molecule has 0 amide bonds. The van der Waals surface area contributed by atoms with Gasteiger partial charge in [-0.05, 0) is 36.8 Å². The number of guanidine groups is 1. The topological polar surface area (TPSA) is 81.7 Å². The van der Waals surface area contributed by atoms with Gasteiger partial charge >= 0.3 is 0 Å². The van der Waals surface area contributed by atoms with Crippen molar-refractivity contribution < 1.29 is 0 Å². The van der Waals surface area contributed by atoms with Crippen molar-refractivity contribution in [2.45, 2.75) is 25.7 Å². The largest absolute Gasteiger partial charge is 0.369 e. The first-order valence-electron chi connectivity index (χ1n) is 7.42. The third-order valence-corrected chi connectivity index (χ3v) is 4.22. The highest BCUT2D eigenvalue weighted by Crippen LogP contribution is 2.35. The van der Waals surface area contributed by atoms with Crippen LogP contribution in [0.4, 0.5) is 0 Å². The van der Waals surface area contributed by atoms with E-state index in [0.29, 0.717) is 5.92 Å². The third kappa shape index (κ3) is 2.62. The first kappa shape index (κ1) is 14.4. The number of aryl methyl sites for hydroxylation is 2. The van der Waals surface area contributed by atoms with E-state index in [1.165, 1.54) is 22.4 Å². The van der Waals surface area contributed by atoms with Crippen molar-refractivity contribution in [2.24, 2.45) is 28.7 Å². The van der Waals surface area contributed by atoms with Crippen molar-refractivity contribution in [3.63, 3.8) is 0 Å². The Balaban J connectivity index is 2.07. The van der Waals surface area contributed by atoms with E-state index in [2.05, 4.69) is 59.2 Å². The van der Waals surface area contributed by atoms with Gasteiger partial charge in [0.1, 0.15) is 0 Å². The lowest BCUT2D eigenvalue weighted by atomic mass is 9.81. The monoisotopic (exact) mass is 295 g/mol. The highest BCUT2D eigenvalue weighted by atomic mass is 15.3. The predicted molar refractivity (Wildman–Crippen MR) is 90.0 cm³/mol. The van der Waals surface area contributed by atoms with E-state index in [0.717, 1.165) is 18.6 Å². The normalized spacial score (nSPS) is 19.0. The summed E-state index contributed by atoms with van der Waals surface area (Å²) in [6.07, 6.45) is 3.99. The summed E-state index contributed by atoms with van der Waals surface area (Å²) in [5.41, 5.74) is 16.9. The Bertz CT molecular complexity index is 736. The van der Waals surface area contributed by atoms with Crippen LogP contribution in [0.2, 0.25) is 0 Å². The van der Waals surface area contributed by atoms with Crippen LogP contribution in [0.25, 0.3) is 0 Å². The first-order valence-corrected chi connectivity index (χ1v) is 7.42. The molecule has 3 rings (SSSR count). The summed E-state index contributed by atoms with van der Waals surface area (Å²) in [6, 6.07) is 10.5. The zero-order valence-corrected chi connectivity index (χ0v) is 13.0. The molecule has 1 heterocycles. The maximum atomic E-state index is 5.43. The Hall–Kier alpha value is -2.56. The molecule has 1 aromatic heterocycles. The molecule has 0 spiro atoms. The summed E-state index contributed by atoms with van der Waals surface area (Å²) in [5, 5.41) is 8.19. The lowest BCUT2D eigenvalue weighted by Gasteiger charge is -2.25. The van der Waals surface area contributed by atoms with Crippen LogP contribution in [-0.4, -0.2) is 16.2 Å². The lowest BCUT2D eigenvalue weighted by molar-refractivity contribution is 0.654. The van der Waals surface area contributed by atoms with E-state index in [1.54, 1.807) is 0 Å². The van der Waals surface area contributed by atoms with Crippen LogP contribution in [0, 0.1) is 6.92 Å². The van der Waals surface area contributed by atoms with Crippen LogP contribution < -0.4 is 11.5 Å². The smallest absolute Gasteiger partial charge is 0.211 e. The number of fused-ring (bicyclic) bond motifs is 1. The molecule has 0 fully saturated rings. The third-order valence-electron chi connectivity index (χ3n) is 4.22. The van der Waals surface area contributed by atoms with Gasteiger partial charge in [-0.25, -0.2) is 0 Å². The van der Waals surface area contributed by atoms with Gasteiger partial charge in [0.15, 0.2) is 0 Å². The fourth-order valence-electron chi connectivity index (χ4n) is 3.29. The fraction of sp³-hybridized carbons (Fsp3) is 0.294. The minimum Gasteiger partial charge on any atom is -0.369 e. The average molecular weight is 295 g/mol. The maximum absolute atomic E-state index is 5.43. The van der Waals surface area contributed by atoms with Crippen molar-refractivity contribution in [1.29, 1.82) is 0 Å². The Morgan fingerprint density at radius 3 is 2.59 bits per heavy atom. The molecule has 114 valence electrons. The number of nitrogens with two attached hydrogens (primary N) is 2.